The van der Waals surface area contributed by atoms with Crippen molar-refractivity contribution in [3.05, 3.63) is 6.33 Å². The normalized spacial score (nSPS) is 10.8. The van der Waals surface area contributed by atoms with Crippen molar-refractivity contribution in [3.8, 4) is 0 Å². The summed E-state index contributed by atoms with van der Waals surface area (Å²) in [6.45, 7) is 0.0900. The Morgan fingerprint density at radius 2 is 2.38 bits per heavy atom. The predicted octanol–water partition coefficient (Wildman–Crippen LogP) is -2.07. The summed E-state index contributed by atoms with van der Waals surface area (Å²) in [5.41, 5.74) is 5.43. The van der Waals surface area contributed by atoms with Gasteiger partial charge in [0.15, 0.2) is 6.33 Å². The van der Waals surface area contributed by atoms with Crippen molar-refractivity contribution in [1.29, 1.82) is 0 Å². The minimum atomic E-state index is -0.0754. The Labute approximate surface area is 72.5 Å². The molecule has 0 unspecified atom stereocenters. The van der Waals surface area contributed by atoms with E-state index in [4.69, 9.17) is 15.7 Å². The van der Waals surface area contributed by atoms with Gasteiger partial charge < -0.3 is 15.7 Å². The van der Waals surface area contributed by atoms with Crippen LogP contribution in [0.5, 0.6) is 0 Å². The summed E-state index contributed by atoms with van der Waals surface area (Å²) in [4.78, 5) is 5.05. The molecule has 0 saturated carbocycles. The lowest BCUT2D eigenvalue weighted by Crippen LogP contribution is -2.14. The largest absolute Gasteiger partial charge is 0.407 e. The van der Waals surface area contributed by atoms with E-state index in [0.717, 1.165) is 0 Å². The molecular formula is C5H8N6O2. The fraction of sp³-hybridized carbons (Fsp3) is 0.400. The Hall–Kier alpha value is -1.83. The summed E-state index contributed by atoms with van der Waals surface area (Å²) < 4.78 is 2.62. The number of aliphatic hydroxyl groups is 1. The Morgan fingerprint density at radius 3 is 3.15 bits per heavy atom. The van der Waals surface area contributed by atoms with Crippen molar-refractivity contribution >= 4 is 11.7 Å². The van der Waals surface area contributed by atoms with Crippen LogP contribution in [0.2, 0.25) is 0 Å². The van der Waals surface area contributed by atoms with Gasteiger partial charge in [-0.3, -0.25) is 0 Å². The zero-order chi connectivity index (χ0) is 9.26. The van der Waals surface area contributed by atoms with Crippen LogP contribution in [0.15, 0.2) is 6.33 Å². The molecule has 2 aromatic rings. The highest BCUT2D eigenvalue weighted by Gasteiger charge is 2.08. The molecule has 3 N–H and O–H groups in total. The lowest BCUT2D eigenvalue weighted by molar-refractivity contribution is 0.0807. The van der Waals surface area contributed by atoms with E-state index in [1.165, 1.54) is 15.6 Å². The van der Waals surface area contributed by atoms with Crippen LogP contribution in [0.3, 0.4) is 0 Å². The standard InChI is InChI=1S/C5H8N6O2/c6-4-8-9-5-10(13-2-1-12)3-7-11(4)5/h3,12H,1-2H2,(H2,6,8). The van der Waals surface area contributed by atoms with E-state index in [-0.39, 0.29) is 19.2 Å². The van der Waals surface area contributed by atoms with E-state index in [2.05, 4.69) is 15.3 Å². The number of aromatic nitrogens is 5. The van der Waals surface area contributed by atoms with Gasteiger partial charge in [-0.15, -0.1) is 20.0 Å². The second-order valence-electron chi connectivity index (χ2n) is 2.28. The molecule has 0 atom stereocenters. The van der Waals surface area contributed by atoms with E-state index < -0.39 is 0 Å². The van der Waals surface area contributed by atoms with Gasteiger partial charge in [0.1, 0.15) is 6.61 Å². The number of hydrogen-bond donors (Lipinski definition) is 2. The van der Waals surface area contributed by atoms with Gasteiger partial charge in [0.05, 0.1) is 6.61 Å². The van der Waals surface area contributed by atoms with Gasteiger partial charge in [-0.1, -0.05) is 0 Å². The zero-order valence-electron chi connectivity index (χ0n) is 6.66. The highest BCUT2D eigenvalue weighted by atomic mass is 16.7. The summed E-state index contributed by atoms with van der Waals surface area (Å²) in [6, 6.07) is 0. The molecule has 2 rings (SSSR count). The van der Waals surface area contributed by atoms with Crippen LogP contribution in [0.4, 0.5) is 5.95 Å². The molecule has 0 aliphatic carbocycles. The van der Waals surface area contributed by atoms with Crippen LogP contribution in [-0.2, 0) is 0 Å². The molecule has 0 fully saturated rings. The summed E-state index contributed by atoms with van der Waals surface area (Å²) in [6.07, 6.45) is 1.40. The van der Waals surface area contributed by atoms with E-state index in [9.17, 15) is 0 Å². The molecule has 0 aliphatic rings. The molecule has 8 heteroatoms. The number of rotatable bonds is 3. The van der Waals surface area contributed by atoms with Crippen LogP contribution in [-0.4, -0.2) is 42.9 Å². The fourth-order valence-electron chi connectivity index (χ4n) is 0.912. The second kappa shape index (κ2) is 2.90. The van der Waals surface area contributed by atoms with Gasteiger partial charge in [0.2, 0.25) is 5.95 Å². The van der Waals surface area contributed by atoms with Gasteiger partial charge in [-0.05, 0) is 0 Å². The topological polar surface area (TPSA) is 103 Å². The fourth-order valence-corrected chi connectivity index (χ4v) is 0.912. The van der Waals surface area contributed by atoms with Crippen molar-refractivity contribution in [2.75, 3.05) is 18.9 Å². The Kier molecular flexibility index (Phi) is 1.74. The summed E-state index contributed by atoms with van der Waals surface area (Å²) in [5.74, 6) is 0.576. The Bertz CT molecular complexity index is 406. The number of nitrogens with zero attached hydrogens (tertiary/aromatic N) is 5. The predicted molar refractivity (Wildman–Crippen MR) is 41.7 cm³/mol. The third kappa shape index (κ3) is 1.16. The molecule has 0 aliphatic heterocycles. The van der Waals surface area contributed by atoms with Crippen LogP contribution in [0, 0.1) is 0 Å². The molecule has 8 nitrogen and oxygen atoms in total. The van der Waals surface area contributed by atoms with Crippen molar-refractivity contribution in [2.45, 2.75) is 0 Å². The average Bonchev–Trinajstić information content (AvgIpc) is 2.67. The van der Waals surface area contributed by atoms with Crippen molar-refractivity contribution in [1.82, 2.24) is 24.5 Å². The molecule has 0 radical (unpaired) electrons. The molecule has 0 bridgehead atoms. The van der Waals surface area contributed by atoms with Gasteiger partial charge in [0.25, 0.3) is 5.78 Å². The van der Waals surface area contributed by atoms with E-state index in [1.807, 2.05) is 0 Å². The molecule has 70 valence electrons. The van der Waals surface area contributed by atoms with Crippen LogP contribution in [0.25, 0.3) is 5.78 Å². The van der Waals surface area contributed by atoms with E-state index >= 15 is 0 Å². The van der Waals surface area contributed by atoms with Crippen molar-refractivity contribution in [3.63, 3.8) is 0 Å². The molecular weight excluding hydrogens is 176 g/mol. The smallest absolute Gasteiger partial charge is 0.288 e. The van der Waals surface area contributed by atoms with Crippen LogP contribution < -0.4 is 10.6 Å². The molecule has 0 aromatic carbocycles. The highest BCUT2D eigenvalue weighted by molar-refractivity contribution is 5.33. The third-order valence-electron chi connectivity index (χ3n) is 1.44. The maximum atomic E-state index is 8.52. The summed E-state index contributed by atoms with van der Waals surface area (Å²) in [5, 5.41) is 19.7. The van der Waals surface area contributed by atoms with E-state index in [0.29, 0.717) is 5.78 Å². The van der Waals surface area contributed by atoms with Gasteiger partial charge in [0, 0.05) is 0 Å². The number of nitrogen functional groups attached to an aromatic ring is 1. The summed E-state index contributed by atoms with van der Waals surface area (Å²) >= 11 is 0. The van der Waals surface area contributed by atoms with Crippen molar-refractivity contribution < 1.29 is 9.94 Å². The first-order chi connectivity index (χ1) is 6.33. The lowest BCUT2D eigenvalue weighted by atomic mass is 10.8. The third-order valence-corrected chi connectivity index (χ3v) is 1.44. The first-order valence-corrected chi connectivity index (χ1v) is 3.61. The first kappa shape index (κ1) is 7.80. The molecule has 0 saturated heterocycles. The van der Waals surface area contributed by atoms with Crippen LogP contribution >= 0.6 is 0 Å². The molecule has 0 amide bonds. The first-order valence-electron chi connectivity index (χ1n) is 3.61. The highest BCUT2D eigenvalue weighted by Crippen LogP contribution is 2.00. The average molecular weight is 184 g/mol. The maximum Gasteiger partial charge on any atom is 0.288 e. The molecule has 2 heterocycles. The molecule has 0 spiro atoms. The lowest BCUT2D eigenvalue weighted by Gasteiger charge is -2.00. The second-order valence-corrected chi connectivity index (χ2v) is 2.28. The Morgan fingerprint density at radius 1 is 1.54 bits per heavy atom. The minimum Gasteiger partial charge on any atom is -0.407 e. The van der Waals surface area contributed by atoms with E-state index in [1.54, 1.807) is 0 Å². The van der Waals surface area contributed by atoms with Crippen LogP contribution in [0.1, 0.15) is 0 Å². The monoisotopic (exact) mass is 184 g/mol. The number of nitrogens with two attached hydrogens (primary N) is 1. The quantitative estimate of drug-likeness (QED) is 0.568. The van der Waals surface area contributed by atoms with Crippen molar-refractivity contribution in [2.24, 2.45) is 0 Å². The zero-order valence-corrected chi connectivity index (χ0v) is 6.66. The maximum absolute atomic E-state index is 8.52. The minimum absolute atomic E-state index is 0.0754. The van der Waals surface area contributed by atoms with Gasteiger partial charge in [-0.2, -0.15) is 4.52 Å². The SMILES string of the molecule is Nc1nnc2n(OCCO)cnn12. The Balaban J connectivity index is 2.35. The molecule has 13 heavy (non-hydrogen) atoms. The van der Waals surface area contributed by atoms with Gasteiger partial charge >= 0.3 is 0 Å². The number of hydrogen-bond acceptors (Lipinski definition) is 6. The number of anilines is 1. The summed E-state index contributed by atoms with van der Waals surface area (Å²) in [7, 11) is 0. The van der Waals surface area contributed by atoms with Gasteiger partial charge in [-0.25, -0.2) is 0 Å². The molecule has 2 aromatic heterocycles. The number of fused-ring (bicyclic) bond motifs is 1. The number of aliphatic hydroxyl groups excluding tert-OH is 1.